The van der Waals surface area contributed by atoms with Crippen molar-refractivity contribution in [3.63, 3.8) is 0 Å². The van der Waals surface area contributed by atoms with Gasteiger partial charge in [0.25, 0.3) is 0 Å². The normalized spacial score (nSPS) is 10.6. The van der Waals surface area contributed by atoms with Crippen molar-refractivity contribution in [2.24, 2.45) is 0 Å². The van der Waals surface area contributed by atoms with E-state index in [0.29, 0.717) is 0 Å². The molecule has 0 bridgehead atoms. The lowest BCUT2D eigenvalue weighted by molar-refractivity contribution is 0.243. The summed E-state index contributed by atoms with van der Waals surface area (Å²) in [5.74, 6) is -0.540. The molecule has 0 aliphatic rings. The second kappa shape index (κ2) is 4.83. The van der Waals surface area contributed by atoms with Gasteiger partial charge in [0.15, 0.2) is 0 Å². The zero-order chi connectivity index (χ0) is 11.6. The minimum Gasteiger partial charge on any atom is -0.490 e. The highest BCUT2D eigenvalue weighted by atomic mass is 35.5. The third-order valence-corrected chi connectivity index (χ3v) is 1.95. The Balaban J connectivity index is 3.21. The SMILES string of the molecule is CC(C)Oc1c(Cl)cc(F)cc1B(O)O. The average molecular weight is 232 g/mol. The smallest absolute Gasteiger partial charge is 0.490 e. The van der Waals surface area contributed by atoms with Gasteiger partial charge < -0.3 is 14.8 Å². The van der Waals surface area contributed by atoms with Crippen molar-refractivity contribution < 1.29 is 19.2 Å². The molecule has 0 saturated heterocycles. The maximum absolute atomic E-state index is 12.9. The predicted molar refractivity (Wildman–Crippen MR) is 57.0 cm³/mol. The van der Waals surface area contributed by atoms with Crippen molar-refractivity contribution in [1.29, 1.82) is 0 Å². The van der Waals surface area contributed by atoms with Crippen molar-refractivity contribution in [2.75, 3.05) is 0 Å². The second-order valence-electron chi connectivity index (χ2n) is 3.35. The quantitative estimate of drug-likeness (QED) is 0.763. The molecule has 0 spiro atoms. The summed E-state index contributed by atoms with van der Waals surface area (Å²) in [7, 11) is -1.81. The molecule has 0 heterocycles. The Kier molecular flexibility index (Phi) is 3.96. The van der Waals surface area contributed by atoms with Gasteiger partial charge >= 0.3 is 7.12 Å². The van der Waals surface area contributed by atoms with Gasteiger partial charge in [0.1, 0.15) is 11.6 Å². The van der Waals surface area contributed by atoms with E-state index in [0.717, 1.165) is 12.1 Å². The number of rotatable bonds is 3. The highest BCUT2D eigenvalue weighted by Crippen LogP contribution is 2.24. The maximum atomic E-state index is 12.9. The third-order valence-electron chi connectivity index (χ3n) is 1.67. The monoisotopic (exact) mass is 232 g/mol. The summed E-state index contributed by atoms with van der Waals surface area (Å²) in [5, 5.41) is 18.1. The summed E-state index contributed by atoms with van der Waals surface area (Å²) in [4.78, 5) is 0. The van der Waals surface area contributed by atoms with E-state index in [9.17, 15) is 4.39 Å². The summed E-state index contributed by atoms with van der Waals surface area (Å²) in [6, 6.07) is 2.04. The van der Waals surface area contributed by atoms with Crippen LogP contribution in [0, 0.1) is 5.82 Å². The summed E-state index contributed by atoms with van der Waals surface area (Å²) < 4.78 is 18.2. The van der Waals surface area contributed by atoms with E-state index in [1.807, 2.05) is 0 Å². The van der Waals surface area contributed by atoms with Gasteiger partial charge in [-0.2, -0.15) is 0 Å². The molecule has 0 amide bonds. The molecule has 0 fully saturated rings. The van der Waals surface area contributed by atoms with Crippen LogP contribution in [0.1, 0.15) is 13.8 Å². The van der Waals surface area contributed by atoms with Crippen LogP contribution in [0.25, 0.3) is 0 Å². The first-order chi connectivity index (χ1) is 6.91. The summed E-state index contributed by atoms with van der Waals surface area (Å²) in [6.07, 6.45) is -0.189. The number of hydrogen-bond donors (Lipinski definition) is 2. The molecule has 1 rings (SSSR count). The number of benzene rings is 1. The molecule has 1 aromatic rings. The molecule has 0 unspecified atom stereocenters. The first-order valence-corrected chi connectivity index (χ1v) is 4.81. The van der Waals surface area contributed by atoms with Crippen LogP contribution >= 0.6 is 11.6 Å². The van der Waals surface area contributed by atoms with Crippen molar-refractivity contribution in [3.8, 4) is 5.75 Å². The molecule has 15 heavy (non-hydrogen) atoms. The van der Waals surface area contributed by atoms with E-state index in [-0.39, 0.29) is 22.3 Å². The fourth-order valence-electron chi connectivity index (χ4n) is 1.13. The molecule has 82 valence electrons. The van der Waals surface area contributed by atoms with Gasteiger partial charge in [-0.1, -0.05) is 11.6 Å². The third kappa shape index (κ3) is 3.09. The maximum Gasteiger partial charge on any atom is 0.492 e. The standard InChI is InChI=1S/C9H11BClFO3/c1-5(2)15-9-7(10(13)14)3-6(12)4-8(9)11/h3-5,13-14H,1-2H3. The topological polar surface area (TPSA) is 49.7 Å². The van der Waals surface area contributed by atoms with E-state index in [2.05, 4.69) is 0 Å². The first kappa shape index (κ1) is 12.3. The lowest BCUT2D eigenvalue weighted by Crippen LogP contribution is -2.33. The average Bonchev–Trinajstić information content (AvgIpc) is 2.08. The highest BCUT2D eigenvalue weighted by Gasteiger charge is 2.21. The van der Waals surface area contributed by atoms with E-state index in [1.165, 1.54) is 0 Å². The minimum absolute atomic E-state index is 0.0202. The van der Waals surface area contributed by atoms with Gasteiger partial charge in [-0.05, 0) is 26.0 Å². The Bertz CT molecular complexity index is 357. The number of halogens is 2. The van der Waals surface area contributed by atoms with Crippen LogP contribution < -0.4 is 10.2 Å². The lowest BCUT2D eigenvalue weighted by Gasteiger charge is -2.15. The molecular weight excluding hydrogens is 221 g/mol. The molecule has 2 N–H and O–H groups in total. The van der Waals surface area contributed by atoms with Gasteiger partial charge in [-0.25, -0.2) is 4.39 Å². The van der Waals surface area contributed by atoms with Crippen molar-refractivity contribution >= 4 is 24.2 Å². The van der Waals surface area contributed by atoms with Crippen LogP contribution in [0.2, 0.25) is 5.02 Å². The van der Waals surface area contributed by atoms with Crippen molar-refractivity contribution in [3.05, 3.63) is 23.0 Å². The van der Waals surface area contributed by atoms with Crippen molar-refractivity contribution in [1.82, 2.24) is 0 Å². The zero-order valence-electron chi connectivity index (χ0n) is 8.37. The van der Waals surface area contributed by atoms with E-state index < -0.39 is 12.9 Å². The van der Waals surface area contributed by atoms with Gasteiger partial charge in [-0.3, -0.25) is 0 Å². The molecule has 0 aromatic heterocycles. The zero-order valence-corrected chi connectivity index (χ0v) is 9.12. The van der Waals surface area contributed by atoms with Gasteiger partial charge in [0.05, 0.1) is 11.1 Å². The lowest BCUT2D eigenvalue weighted by atomic mass is 9.79. The highest BCUT2D eigenvalue weighted by molar-refractivity contribution is 6.60. The van der Waals surface area contributed by atoms with Crippen LogP contribution in [0.15, 0.2) is 12.1 Å². The predicted octanol–water partition coefficient (Wildman–Crippen LogP) is 0.946. The van der Waals surface area contributed by atoms with Crippen LogP contribution in [-0.4, -0.2) is 23.3 Å². The van der Waals surface area contributed by atoms with Gasteiger partial charge in [0.2, 0.25) is 0 Å². The Hall–Kier alpha value is -0.775. The molecule has 0 aliphatic heterocycles. The van der Waals surface area contributed by atoms with Crippen LogP contribution in [0.4, 0.5) is 4.39 Å². The summed E-state index contributed by atoms with van der Waals surface area (Å²) >= 11 is 5.74. The molecule has 0 radical (unpaired) electrons. The molecule has 1 aromatic carbocycles. The van der Waals surface area contributed by atoms with E-state index in [4.69, 9.17) is 26.4 Å². The number of ether oxygens (including phenoxy) is 1. The largest absolute Gasteiger partial charge is 0.492 e. The molecule has 0 aliphatic carbocycles. The molecule has 6 heteroatoms. The Morgan fingerprint density at radius 2 is 2.00 bits per heavy atom. The Morgan fingerprint density at radius 3 is 2.47 bits per heavy atom. The Morgan fingerprint density at radius 1 is 1.40 bits per heavy atom. The van der Waals surface area contributed by atoms with Gasteiger partial charge in [-0.15, -0.1) is 0 Å². The fourth-order valence-corrected chi connectivity index (χ4v) is 1.39. The first-order valence-electron chi connectivity index (χ1n) is 4.43. The minimum atomic E-state index is -1.81. The molecule has 0 atom stereocenters. The van der Waals surface area contributed by atoms with Crippen LogP contribution in [0.3, 0.4) is 0 Å². The van der Waals surface area contributed by atoms with Gasteiger partial charge in [0, 0.05) is 5.46 Å². The second-order valence-corrected chi connectivity index (χ2v) is 3.75. The van der Waals surface area contributed by atoms with E-state index in [1.54, 1.807) is 13.8 Å². The van der Waals surface area contributed by atoms with Crippen LogP contribution in [0.5, 0.6) is 5.75 Å². The molecule has 3 nitrogen and oxygen atoms in total. The van der Waals surface area contributed by atoms with E-state index >= 15 is 0 Å². The fraction of sp³-hybridized carbons (Fsp3) is 0.333. The van der Waals surface area contributed by atoms with Crippen molar-refractivity contribution in [2.45, 2.75) is 20.0 Å². The Labute approximate surface area is 92.6 Å². The molecule has 0 saturated carbocycles. The number of hydrogen-bond acceptors (Lipinski definition) is 3. The molecular formula is C9H11BClFO3. The summed E-state index contributed by atoms with van der Waals surface area (Å²) in [6.45, 7) is 3.51. The summed E-state index contributed by atoms with van der Waals surface area (Å²) in [5.41, 5.74) is -0.0753. The van der Waals surface area contributed by atoms with Crippen LogP contribution in [-0.2, 0) is 0 Å².